The molecule has 1 aromatic carbocycles. The van der Waals surface area contributed by atoms with Crippen LogP contribution in [0.1, 0.15) is 51.5 Å². The van der Waals surface area contributed by atoms with E-state index in [0.717, 1.165) is 50.2 Å². The van der Waals surface area contributed by atoms with Gasteiger partial charge in [0.15, 0.2) is 0 Å². The largest absolute Gasteiger partial charge is 0.355 e. The van der Waals surface area contributed by atoms with Gasteiger partial charge in [-0.3, -0.25) is 4.79 Å². The summed E-state index contributed by atoms with van der Waals surface area (Å²) < 4.78 is 0. The van der Waals surface area contributed by atoms with Crippen LogP contribution in [0.25, 0.3) is 0 Å². The van der Waals surface area contributed by atoms with Gasteiger partial charge in [-0.05, 0) is 68.3 Å². The summed E-state index contributed by atoms with van der Waals surface area (Å²) in [5, 5.41) is 7.44. The van der Waals surface area contributed by atoms with E-state index >= 15 is 0 Å². The number of carbonyl (C=O) groups excluding carboxylic acids is 1. The standard InChI is InChI=1S/C20H29ClN2O/c1-3-19(4-2,15-5-7-16(21)8-6-15)14-23-18(24)17-13-20(17)9-11-22-12-10-20/h5-8,17,22H,3-4,9-14H2,1-2H3,(H,23,24). The second-order valence-corrected chi connectivity index (χ2v) is 8.02. The van der Waals surface area contributed by atoms with Gasteiger partial charge < -0.3 is 10.6 Å². The highest BCUT2D eigenvalue weighted by atomic mass is 35.5. The molecular weight excluding hydrogens is 320 g/mol. The first-order valence-corrected chi connectivity index (χ1v) is 9.67. The Morgan fingerprint density at radius 3 is 2.46 bits per heavy atom. The Labute approximate surface area is 150 Å². The maximum atomic E-state index is 12.7. The fraction of sp³-hybridized carbons (Fsp3) is 0.650. The third-order valence-electron chi connectivity index (χ3n) is 6.52. The monoisotopic (exact) mass is 348 g/mol. The molecule has 2 aliphatic rings. The summed E-state index contributed by atoms with van der Waals surface area (Å²) in [6.45, 7) is 7.24. The molecule has 0 bridgehead atoms. The van der Waals surface area contributed by atoms with Crippen molar-refractivity contribution in [2.75, 3.05) is 19.6 Å². The molecule has 1 saturated heterocycles. The molecule has 1 unspecified atom stereocenters. The van der Waals surface area contributed by atoms with Gasteiger partial charge in [-0.1, -0.05) is 37.6 Å². The lowest BCUT2D eigenvalue weighted by Gasteiger charge is -2.33. The third kappa shape index (κ3) is 3.34. The van der Waals surface area contributed by atoms with E-state index < -0.39 is 0 Å². The van der Waals surface area contributed by atoms with Crippen LogP contribution in [0.3, 0.4) is 0 Å². The fourth-order valence-electron chi connectivity index (χ4n) is 4.39. The topological polar surface area (TPSA) is 41.1 Å². The predicted molar refractivity (Wildman–Crippen MR) is 99.4 cm³/mol. The van der Waals surface area contributed by atoms with Gasteiger partial charge in [0.2, 0.25) is 5.91 Å². The average Bonchev–Trinajstić information content (AvgIpc) is 3.31. The molecule has 4 heteroatoms. The van der Waals surface area contributed by atoms with Crippen molar-refractivity contribution in [1.29, 1.82) is 0 Å². The molecule has 3 nitrogen and oxygen atoms in total. The van der Waals surface area contributed by atoms with Crippen molar-refractivity contribution in [3.63, 3.8) is 0 Å². The van der Waals surface area contributed by atoms with Crippen LogP contribution in [0, 0.1) is 11.3 Å². The molecule has 2 N–H and O–H groups in total. The van der Waals surface area contributed by atoms with Crippen molar-refractivity contribution in [3.8, 4) is 0 Å². The molecule has 0 aromatic heterocycles. The molecule has 1 aromatic rings. The van der Waals surface area contributed by atoms with Crippen LogP contribution in [0.2, 0.25) is 5.02 Å². The molecule has 0 radical (unpaired) electrons. The molecule has 1 saturated carbocycles. The Morgan fingerprint density at radius 2 is 1.88 bits per heavy atom. The smallest absolute Gasteiger partial charge is 0.223 e. The number of halogens is 1. The summed E-state index contributed by atoms with van der Waals surface area (Å²) in [4.78, 5) is 12.7. The van der Waals surface area contributed by atoms with Gasteiger partial charge in [-0.2, -0.15) is 0 Å². The predicted octanol–water partition coefficient (Wildman–Crippen LogP) is 3.90. The Morgan fingerprint density at radius 1 is 1.25 bits per heavy atom. The van der Waals surface area contributed by atoms with E-state index in [2.05, 4.69) is 36.6 Å². The summed E-state index contributed by atoms with van der Waals surface area (Å²) in [5.74, 6) is 0.494. The highest BCUT2D eigenvalue weighted by molar-refractivity contribution is 6.30. The SMILES string of the molecule is CCC(CC)(CNC(=O)C1CC12CCNCC2)c1ccc(Cl)cc1. The molecule has 2 fully saturated rings. The molecule has 1 aliphatic carbocycles. The highest BCUT2D eigenvalue weighted by Crippen LogP contribution is 2.58. The van der Waals surface area contributed by atoms with Crippen LogP contribution in [-0.2, 0) is 10.2 Å². The first kappa shape index (κ1) is 17.8. The second-order valence-electron chi connectivity index (χ2n) is 7.58. The van der Waals surface area contributed by atoms with Crippen molar-refractivity contribution >= 4 is 17.5 Å². The number of benzene rings is 1. The zero-order valence-corrected chi connectivity index (χ0v) is 15.6. The van der Waals surface area contributed by atoms with Gasteiger partial charge in [-0.15, -0.1) is 0 Å². The van der Waals surface area contributed by atoms with Crippen LogP contribution in [0.5, 0.6) is 0 Å². The molecular formula is C20H29ClN2O. The normalized spacial score (nSPS) is 22.4. The zero-order chi connectivity index (χ0) is 17.2. The van der Waals surface area contributed by atoms with Crippen LogP contribution < -0.4 is 10.6 Å². The maximum absolute atomic E-state index is 12.7. The number of rotatable bonds is 6. The number of carbonyl (C=O) groups is 1. The number of hydrogen-bond acceptors (Lipinski definition) is 2. The van der Waals surface area contributed by atoms with E-state index in [4.69, 9.17) is 11.6 Å². The van der Waals surface area contributed by atoms with Crippen LogP contribution in [-0.4, -0.2) is 25.5 Å². The minimum absolute atomic E-state index is 0.00355. The lowest BCUT2D eigenvalue weighted by Crippen LogP contribution is -2.42. The van der Waals surface area contributed by atoms with E-state index in [-0.39, 0.29) is 17.2 Å². The number of nitrogens with one attached hydrogen (secondary N) is 2. The molecule has 3 rings (SSSR count). The average molecular weight is 349 g/mol. The van der Waals surface area contributed by atoms with Crippen molar-refractivity contribution in [2.24, 2.45) is 11.3 Å². The van der Waals surface area contributed by atoms with E-state index in [1.807, 2.05) is 12.1 Å². The molecule has 1 aliphatic heterocycles. The van der Waals surface area contributed by atoms with Gasteiger partial charge in [0, 0.05) is 22.9 Å². The summed E-state index contributed by atoms with van der Waals surface area (Å²) in [6.07, 6.45) is 5.38. The van der Waals surface area contributed by atoms with Crippen molar-refractivity contribution in [2.45, 2.75) is 51.4 Å². The lowest BCUT2D eigenvalue weighted by atomic mass is 9.75. The fourth-order valence-corrected chi connectivity index (χ4v) is 4.51. The van der Waals surface area contributed by atoms with E-state index in [0.29, 0.717) is 12.0 Å². The van der Waals surface area contributed by atoms with Crippen molar-refractivity contribution in [3.05, 3.63) is 34.9 Å². The van der Waals surface area contributed by atoms with E-state index in [9.17, 15) is 4.79 Å². The molecule has 1 amide bonds. The molecule has 24 heavy (non-hydrogen) atoms. The summed E-state index contributed by atoms with van der Waals surface area (Å²) in [6, 6.07) is 8.10. The summed E-state index contributed by atoms with van der Waals surface area (Å²) in [5.41, 5.74) is 1.57. The Hall–Kier alpha value is -1.06. The summed E-state index contributed by atoms with van der Waals surface area (Å²) >= 11 is 6.03. The zero-order valence-electron chi connectivity index (χ0n) is 14.8. The first-order chi connectivity index (χ1) is 11.6. The van der Waals surface area contributed by atoms with Gasteiger partial charge >= 0.3 is 0 Å². The van der Waals surface area contributed by atoms with Crippen molar-refractivity contribution < 1.29 is 4.79 Å². The minimum atomic E-state index is -0.00355. The number of amides is 1. The molecule has 1 spiro atoms. The van der Waals surface area contributed by atoms with E-state index in [1.165, 1.54) is 5.56 Å². The Bertz CT molecular complexity index is 574. The third-order valence-corrected chi connectivity index (χ3v) is 6.77. The van der Waals surface area contributed by atoms with Crippen molar-refractivity contribution in [1.82, 2.24) is 10.6 Å². The van der Waals surface area contributed by atoms with Gasteiger partial charge in [0.25, 0.3) is 0 Å². The Balaban J connectivity index is 1.64. The Kier molecular flexibility index (Phi) is 5.22. The molecule has 132 valence electrons. The quantitative estimate of drug-likeness (QED) is 0.818. The van der Waals surface area contributed by atoms with Gasteiger partial charge in [0.1, 0.15) is 0 Å². The second kappa shape index (κ2) is 7.05. The maximum Gasteiger partial charge on any atom is 0.223 e. The summed E-state index contributed by atoms with van der Waals surface area (Å²) in [7, 11) is 0. The highest BCUT2D eigenvalue weighted by Gasteiger charge is 2.57. The van der Waals surface area contributed by atoms with E-state index in [1.54, 1.807) is 0 Å². The van der Waals surface area contributed by atoms with Crippen LogP contribution >= 0.6 is 11.6 Å². The number of piperidine rings is 1. The molecule has 1 atom stereocenters. The van der Waals surface area contributed by atoms with Crippen LogP contribution in [0.4, 0.5) is 0 Å². The van der Waals surface area contributed by atoms with Crippen LogP contribution in [0.15, 0.2) is 24.3 Å². The van der Waals surface area contributed by atoms with Gasteiger partial charge in [-0.25, -0.2) is 0 Å². The van der Waals surface area contributed by atoms with Gasteiger partial charge in [0.05, 0.1) is 0 Å². The minimum Gasteiger partial charge on any atom is -0.355 e. The number of hydrogen-bond donors (Lipinski definition) is 2. The molecule has 1 heterocycles. The lowest BCUT2D eigenvalue weighted by molar-refractivity contribution is -0.123. The first-order valence-electron chi connectivity index (χ1n) is 9.30.